The van der Waals surface area contributed by atoms with Crippen molar-refractivity contribution in [3.05, 3.63) is 33.3 Å². The smallest absolute Gasteiger partial charge is 0.253 e. The predicted octanol–water partition coefficient (Wildman–Crippen LogP) is 3.08. The maximum Gasteiger partial charge on any atom is 0.253 e. The summed E-state index contributed by atoms with van der Waals surface area (Å²) in [5.41, 5.74) is 0.644. The fourth-order valence-electron chi connectivity index (χ4n) is 2.65. The fourth-order valence-corrected chi connectivity index (χ4v) is 3.14. The van der Waals surface area contributed by atoms with Crippen LogP contribution in [0.1, 0.15) is 23.2 Å². The molecule has 0 aromatic heterocycles. The van der Waals surface area contributed by atoms with E-state index in [0.29, 0.717) is 36.9 Å². The highest BCUT2D eigenvalue weighted by Crippen LogP contribution is 2.32. The molecule has 6 heteroatoms. The zero-order valence-electron chi connectivity index (χ0n) is 10.9. The summed E-state index contributed by atoms with van der Waals surface area (Å²) >= 11 is 9.29. The Bertz CT molecular complexity index is 521. The maximum absolute atomic E-state index is 12.4. The Balaban J connectivity index is 1.68. The number of likely N-dealkylation sites (tertiary alicyclic amines) is 1. The molecule has 0 radical (unpaired) electrons. The van der Waals surface area contributed by atoms with Gasteiger partial charge in [-0.25, -0.2) is 0 Å². The molecule has 1 aromatic carbocycles. The van der Waals surface area contributed by atoms with Crippen molar-refractivity contribution < 1.29 is 14.3 Å². The van der Waals surface area contributed by atoms with Crippen molar-refractivity contribution in [1.82, 2.24) is 4.90 Å². The second kappa shape index (κ2) is 5.64. The first kappa shape index (κ1) is 14.3. The fraction of sp³-hybridized carbons (Fsp3) is 0.500. The number of ether oxygens (including phenoxy) is 2. The Morgan fingerprint density at radius 3 is 2.50 bits per heavy atom. The Kier molecular flexibility index (Phi) is 4.04. The van der Waals surface area contributed by atoms with Gasteiger partial charge < -0.3 is 14.4 Å². The standard InChI is InChI=1S/C14H15BrClNO3/c15-11-9-10(1-2-12(11)16)13(18)17-5-3-14(4-6-17)19-7-8-20-14/h1-2,9H,3-8H2. The Morgan fingerprint density at radius 2 is 1.90 bits per heavy atom. The number of hydrogen-bond donors (Lipinski definition) is 0. The average molecular weight is 361 g/mol. The molecule has 2 aliphatic rings. The third-order valence-corrected chi connectivity index (χ3v) is 5.01. The lowest BCUT2D eigenvalue weighted by molar-refractivity contribution is -0.181. The Morgan fingerprint density at radius 1 is 1.25 bits per heavy atom. The van der Waals surface area contributed by atoms with E-state index in [2.05, 4.69) is 15.9 Å². The molecule has 0 unspecified atom stereocenters. The number of halogens is 2. The second-order valence-electron chi connectivity index (χ2n) is 5.03. The van der Waals surface area contributed by atoms with Crippen LogP contribution in [0.5, 0.6) is 0 Å². The molecular formula is C14H15BrClNO3. The summed E-state index contributed by atoms with van der Waals surface area (Å²) in [5, 5.41) is 0.604. The molecule has 2 fully saturated rings. The van der Waals surface area contributed by atoms with Gasteiger partial charge in [-0.3, -0.25) is 4.79 Å². The minimum absolute atomic E-state index is 0.0233. The molecule has 4 nitrogen and oxygen atoms in total. The van der Waals surface area contributed by atoms with Crippen molar-refractivity contribution in [2.24, 2.45) is 0 Å². The highest BCUT2D eigenvalue weighted by Gasteiger charge is 2.40. The van der Waals surface area contributed by atoms with Crippen LogP contribution in [0.25, 0.3) is 0 Å². The summed E-state index contributed by atoms with van der Waals surface area (Å²) in [7, 11) is 0. The van der Waals surface area contributed by atoms with Gasteiger partial charge in [-0.05, 0) is 34.1 Å². The monoisotopic (exact) mass is 359 g/mol. The number of carbonyl (C=O) groups excluding carboxylic acids is 1. The van der Waals surface area contributed by atoms with Gasteiger partial charge in [0.15, 0.2) is 5.79 Å². The van der Waals surface area contributed by atoms with E-state index in [0.717, 1.165) is 17.3 Å². The molecule has 108 valence electrons. The predicted molar refractivity (Wildman–Crippen MR) is 78.9 cm³/mol. The van der Waals surface area contributed by atoms with Gasteiger partial charge in [-0.1, -0.05) is 11.6 Å². The first-order chi connectivity index (χ1) is 9.60. The van der Waals surface area contributed by atoms with Gasteiger partial charge in [-0.2, -0.15) is 0 Å². The number of benzene rings is 1. The van der Waals surface area contributed by atoms with Gasteiger partial charge >= 0.3 is 0 Å². The molecule has 3 rings (SSSR count). The van der Waals surface area contributed by atoms with Crippen molar-refractivity contribution in [3.63, 3.8) is 0 Å². The summed E-state index contributed by atoms with van der Waals surface area (Å²) in [6.07, 6.45) is 1.46. The van der Waals surface area contributed by atoms with Gasteiger partial charge in [-0.15, -0.1) is 0 Å². The number of piperidine rings is 1. The molecule has 1 aromatic rings. The van der Waals surface area contributed by atoms with E-state index in [1.807, 2.05) is 4.90 Å². The van der Waals surface area contributed by atoms with Crippen LogP contribution in [-0.4, -0.2) is 42.9 Å². The Hall–Kier alpha value is -0.620. The number of rotatable bonds is 1. The van der Waals surface area contributed by atoms with Crippen molar-refractivity contribution in [2.75, 3.05) is 26.3 Å². The number of hydrogen-bond acceptors (Lipinski definition) is 3. The highest BCUT2D eigenvalue weighted by molar-refractivity contribution is 9.10. The lowest BCUT2D eigenvalue weighted by atomic mass is 10.0. The van der Waals surface area contributed by atoms with E-state index >= 15 is 0 Å². The van der Waals surface area contributed by atoms with Crippen LogP contribution < -0.4 is 0 Å². The first-order valence-electron chi connectivity index (χ1n) is 6.62. The van der Waals surface area contributed by atoms with Gasteiger partial charge in [0.1, 0.15) is 0 Å². The third-order valence-electron chi connectivity index (χ3n) is 3.79. The molecule has 1 amide bonds. The van der Waals surface area contributed by atoms with Gasteiger partial charge in [0.2, 0.25) is 0 Å². The van der Waals surface area contributed by atoms with E-state index in [9.17, 15) is 4.79 Å². The lowest BCUT2D eigenvalue weighted by Gasteiger charge is -2.37. The molecule has 2 heterocycles. The minimum Gasteiger partial charge on any atom is -0.347 e. The van der Waals surface area contributed by atoms with Gasteiger partial charge in [0.05, 0.1) is 18.2 Å². The van der Waals surface area contributed by atoms with E-state index in [-0.39, 0.29) is 5.91 Å². The van der Waals surface area contributed by atoms with Crippen LogP contribution in [0.4, 0.5) is 0 Å². The van der Waals surface area contributed by atoms with Crippen molar-refractivity contribution >= 4 is 33.4 Å². The number of carbonyl (C=O) groups is 1. The summed E-state index contributed by atoms with van der Waals surface area (Å²) in [6.45, 7) is 2.61. The molecular weight excluding hydrogens is 346 g/mol. The molecule has 0 aliphatic carbocycles. The molecule has 1 spiro atoms. The SMILES string of the molecule is O=C(c1ccc(Cl)c(Br)c1)N1CCC2(CC1)OCCO2. The first-order valence-corrected chi connectivity index (χ1v) is 7.79. The molecule has 20 heavy (non-hydrogen) atoms. The molecule has 0 saturated carbocycles. The molecule has 0 N–H and O–H groups in total. The van der Waals surface area contributed by atoms with Crippen LogP contribution in [0.15, 0.2) is 22.7 Å². The summed E-state index contributed by atoms with van der Waals surface area (Å²) in [4.78, 5) is 14.3. The lowest BCUT2D eigenvalue weighted by Crippen LogP contribution is -2.47. The topological polar surface area (TPSA) is 38.8 Å². The minimum atomic E-state index is -0.447. The van der Waals surface area contributed by atoms with E-state index in [1.165, 1.54) is 0 Å². The average Bonchev–Trinajstić information content (AvgIpc) is 2.90. The van der Waals surface area contributed by atoms with E-state index in [1.54, 1.807) is 18.2 Å². The molecule has 0 atom stereocenters. The van der Waals surface area contributed by atoms with Crippen molar-refractivity contribution in [3.8, 4) is 0 Å². The summed E-state index contributed by atoms with van der Waals surface area (Å²) in [6, 6.07) is 5.24. The number of amides is 1. The maximum atomic E-state index is 12.4. The van der Waals surface area contributed by atoms with Crippen LogP contribution in [0.2, 0.25) is 5.02 Å². The van der Waals surface area contributed by atoms with Crippen LogP contribution >= 0.6 is 27.5 Å². The molecule has 0 bridgehead atoms. The van der Waals surface area contributed by atoms with Crippen LogP contribution in [0, 0.1) is 0 Å². The summed E-state index contributed by atoms with van der Waals surface area (Å²) < 4.78 is 12.1. The van der Waals surface area contributed by atoms with Gasteiger partial charge in [0, 0.05) is 36.0 Å². The van der Waals surface area contributed by atoms with E-state index in [4.69, 9.17) is 21.1 Å². The second-order valence-corrected chi connectivity index (χ2v) is 6.29. The van der Waals surface area contributed by atoms with E-state index < -0.39 is 5.79 Å². The van der Waals surface area contributed by atoms with Gasteiger partial charge in [0.25, 0.3) is 5.91 Å². The van der Waals surface area contributed by atoms with Crippen LogP contribution in [-0.2, 0) is 9.47 Å². The van der Waals surface area contributed by atoms with Crippen molar-refractivity contribution in [2.45, 2.75) is 18.6 Å². The highest BCUT2D eigenvalue weighted by atomic mass is 79.9. The normalized spacial score (nSPS) is 21.4. The van der Waals surface area contributed by atoms with Crippen molar-refractivity contribution in [1.29, 1.82) is 0 Å². The largest absolute Gasteiger partial charge is 0.347 e. The van der Waals surface area contributed by atoms with Crippen LogP contribution in [0.3, 0.4) is 0 Å². The molecule has 2 aliphatic heterocycles. The zero-order chi connectivity index (χ0) is 14.2. The zero-order valence-corrected chi connectivity index (χ0v) is 13.2. The number of nitrogens with zero attached hydrogens (tertiary/aromatic N) is 1. The third kappa shape index (κ3) is 2.72. The molecule has 2 saturated heterocycles. The quantitative estimate of drug-likeness (QED) is 0.772. The summed E-state index contributed by atoms with van der Waals surface area (Å²) in [5.74, 6) is -0.424. The Labute approximate surface area is 131 Å².